The van der Waals surface area contributed by atoms with Crippen molar-refractivity contribution in [2.45, 2.75) is 57.4 Å². The number of benzene rings is 1. The Morgan fingerprint density at radius 1 is 1.17 bits per heavy atom. The van der Waals surface area contributed by atoms with Crippen LogP contribution in [0.3, 0.4) is 0 Å². The summed E-state index contributed by atoms with van der Waals surface area (Å²) >= 11 is 0. The molecule has 4 rings (SSSR count). The summed E-state index contributed by atoms with van der Waals surface area (Å²) < 4.78 is 5.58. The van der Waals surface area contributed by atoms with Crippen molar-refractivity contribution in [1.82, 2.24) is 10.2 Å². The van der Waals surface area contributed by atoms with Gasteiger partial charge in [-0.05, 0) is 42.4 Å². The zero-order chi connectivity index (χ0) is 20.1. The first kappa shape index (κ1) is 20.7. The molecule has 1 saturated heterocycles. The van der Waals surface area contributed by atoms with Crippen LogP contribution in [0.4, 0.5) is 5.69 Å². The van der Waals surface area contributed by atoms with Gasteiger partial charge in [-0.25, -0.2) is 0 Å². The highest BCUT2D eigenvalue weighted by molar-refractivity contribution is 5.75. The molecule has 0 spiro atoms. The Morgan fingerprint density at radius 3 is 2.76 bits per heavy atom. The molecule has 1 amide bonds. The van der Waals surface area contributed by atoms with Gasteiger partial charge in [-0.1, -0.05) is 37.8 Å². The van der Waals surface area contributed by atoms with Gasteiger partial charge in [0.25, 0.3) is 0 Å². The number of fused-ring (bicyclic) bond motifs is 1. The second-order valence-electron chi connectivity index (χ2n) is 9.07. The van der Waals surface area contributed by atoms with E-state index in [1.807, 2.05) is 0 Å². The largest absolute Gasteiger partial charge is 0.379 e. The fourth-order valence-corrected chi connectivity index (χ4v) is 5.29. The van der Waals surface area contributed by atoms with Crippen LogP contribution >= 0.6 is 0 Å². The lowest BCUT2D eigenvalue weighted by Crippen LogP contribution is -2.44. The van der Waals surface area contributed by atoms with Gasteiger partial charge in [0.2, 0.25) is 5.91 Å². The number of carbonyl (C=O) groups excluding carboxylic acids is 1. The summed E-state index contributed by atoms with van der Waals surface area (Å²) in [6.07, 6.45) is 9.41. The molecule has 1 saturated carbocycles. The number of carbonyl (C=O) groups is 1. The van der Waals surface area contributed by atoms with Crippen LogP contribution < -0.4 is 10.2 Å². The van der Waals surface area contributed by atoms with Crippen molar-refractivity contribution in [3.63, 3.8) is 0 Å². The Morgan fingerprint density at radius 2 is 1.97 bits per heavy atom. The van der Waals surface area contributed by atoms with E-state index in [2.05, 4.69) is 40.4 Å². The zero-order valence-corrected chi connectivity index (χ0v) is 18.0. The molecule has 0 radical (unpaired) electrons. The minimum absolute atomic E-state index is 0.216. The van der Waals surface area contributed by atoms with Crippen molar-refractivity contribution in [3.8, 4) is 0 Å². The third kappa shape index (κ3) is 5.32. The highest BCUT2D eigenvalue weighted by atomic mass is 16.5. The second kappa shape index (κ2) is 9.94. The average Bonchev–Trinajstić information content (AvgIpc) is 3.27. The number of nitrogens with zero attached hydrogens (tertiary/aromatic N) is 2. The SMILES string of the molecule is CN1CCCc2cc([C@H](CNC(=O)CCC3CCCC3)N3CCOCC3)ccc21. The summed E-state index contributed by atoms with van der Waals surface area (Å²) in [7, 11) is 2.18. The average molecular weight is 400 g/mol. The van der Waals surface area contributed by atoms with Crippen LogP contribution in [0.15, 0.2) is 18.2 Å². The van der Waals surface area contributed by atoms with Crippen molar-refractivity contribution in [1.29, 1.82) is 0 Å². The number of ether oxygens (including phenoxy) is 1. The second-order valence-corrected chi connectivity index (χ2v) is 9.07. The minimum Gasteiger partial charge on any atom is -0.379 e. The van der Waals surface area contributed by atoms with Gasteiger partial charge in [0.05, 0.1) is 19.3 Å². The monoisotopic (exact) mass is 399 g/mol. The standard InChI is InChI=1S/C24H37N3O2/c1-26-12-4-7-20-17-21(9-10-22(20)26)23(27-13-15-29-16-14-27)18-25-24(28)11-8-19-5-2-3-6-19/h9-10,17,19,23H,2-8,11-16,18H2,1H3,(H,25,28)/t23-/m0/s1. The van der Waals surface area contributed by atoms with Gasteiger partial charge in [0, 0.05) is 45.3 Å². The van der Waals surface area contributed by atoms with Gasteiger partial charge >= 0.3 is 0 Å². The van der Waals surface area contributed by atoms with Gasteiger partial charge in [-0.3, -0.25) is 9.69 Å². The first-order chi connectivity index (χ1) is 14.2. The number of hydrogen-bond donors (Lipinski definition) is 1. The van der Waals surface area contributed by atoms with Crippen LogP contribution in [0, 0.1) is 5.92 Å². The van der Waals surface area contributed by atoms with Gasteiger partial charge in [0.1, 0.15) is 0 Å². The summed E-state index contributed by atoms with van der Waals surface area (Å²) in [4.78, 5) is 17.4. The van der Waals surface area contributed by atoms with E-state index < -0.39 is 0 Å². The summed E-state index contributed by atoms with van der Waals surface area (Å²) in [6, 6.07) is 7.16. The van der Waals surface area contributed by atoms with Crippen molar-refractivity contribution in [3.05, 3.63) is 29.3 Å². The van der Waals surface area contributed by atoms with E-state index in [0.717, 1.165) is 51.6 Å². The van der Waals surface area contributed by atoms with Crippen molar-refractivity contribution in [2.24, 2.45) is 5.92 Å². The Kier molecular flexibility index (Phi) is 7.09. The number of rotatable bonds is 7. The first-order valence-corrected chi connectivity index (χ1v) is 11.6. The highest BCUT2D eigenvalue weighted by Gasteiger charge is 2.25. The zero-order valence-electron chi connectivity index (χ0n) is 18.0. The third-order valence-corrected chi connectivity index (χ3v) is 7.07. The Hall–Kier alpha value is -1.59. The normalized spacial score (nSPS) is 21.8. The maximum atomic E-state index is 12.5. The van der Waals surface area contributed by atoms with Gasteiger partial charge in [-0.15, -0.1) is 0 Å². The molecule has 29 heavy (non-hydrogen) atoms. The van der Waals surface area contributed by atoms with Crippen LogP contribution in [-0.2, 0) is 16.0 Å². The van der Waals surface area contributed by atoms with E-state index in [4.69, 9.17) is 4.74 Å². The number of aryl methyl sites for hydroxylation is 1. The third-order valence-electron chi connectivity index (χ3n) is 7.07. The number of hydrogen-bond acceptors (Lipinski definition) is 4. The smallest absolute Gasteiger partial charge is 0.220 e. The quantitative estimate of drug-likeness (QED) is 0.762. The molecule has 3 aliphatic rings. The number of morpholine rings is 1. The summed E-state index contributed by atoms with van der Waals surface area (Å²) in [5, 5.41) is 3.26. The van der Waals surface area contributed by atoms with E-state index in [1.54, 1.807) is 0 Å². The van der Waals surface area contributed by atoms with Crippen LogP contribution in [0.2, 0.25) is 0 Å². The molecule has 1 aromatic rings. The van der Waals surface area contributed by atoms with E-state index in [1.165, 1.54) is 48.9 Å². The molecule has 0 aromatic heterocycles. The Labute approximate surface area is 175 Å². The summed E-state index contributed by atoms with van der Waals surface area (Å²) in [6.45, 7) is 5.24. The molecular formula is C24H37N3O2. The van der Waals surface area contributed by atoms with Gasteiger partial charge in [-0.2, -0.15) is 0 Å². The highest BCUT2D eigenvalue weighted by Crippen LogP contribution is 2.31. The lowest BCUT2D eigenvalue weighted by Gasteiger charge is -2.36. The molecule has 1 N–H and O–H groups in total. The summed E-state index contributed by atoms with van der Waals surface area (Å²) in [5.74, 6) is 0.987. The topological polar surface area (TPSA) is 44.8 Å². The fourth-order valence-electron chi connectivity index (χ4n) is 5.29. The molecule has 1 aliphatic carbocycles. The van der Waals surface area contributed by atoms with Crippen LogP contribution in [-0.4, -0.2) is 57.2 Å². The molecule has 1 atom stereocenters. The molecular weight excluding hydrogens is 362 g/mol. The van der Waals surface area contributed by atoms with Crippen LogP contribution in [0.25, 0.3) is 0 Å². The molecule has 0 bridgehead atoms. The maximum Gasteiger partial charge on any atom is 0.220 e. The molecule has 160 valence electrons. The van der Waals surface area contributed by atoms with Gasteiger partial charge < -0.3 is 15.0 Å². The Balaban J connectivity index is 1.41. The molecule has 0 unspecified atom stereocenters. The van der Waals surface area contributed by atoms with Gasteiger partial charge in [0.15, 0.2) is 0 Å². The predicted molar refractivity (Wildman–Crippen MR) is 117 cm³/mol. The van der Waals surface area contributed by atoms with Crippen molar-refractivity contribution >= 4 is 11.6 Å². The molecule has 1 aromatic carbocycles. The predicted octanol–water partition coefficient (Wildman–Crippen LogP) is 3.53. The van der Waals surface area contributed by atoms with E-state index in [-0.39, 0.29) is 11.9 Å². The van der Waals surface area contributed by atoms with Crippen LogP contribution in [0.1, 0.15) is 62.1 Å². The minimum atomic E-state index is 0.216. The number of anilines is 1. The Bertz CT molecular complexity index is 681. The molecule has 2 aliphatic heterocycles. The van der Waals surface area contributed by atoms with Crippen molar-refractivity contribution < 1.29 is 9.53 Å². The number of nitrogens with one attached hydrogen (secondary N) is 1. The van der Waals surface area contributed by atoms with Crippen LogP contribution in [0.5, 0.6) is 0 Å². The lowest BCUT2D eigenvalue weighted by atomic mass is 9.95. The molecule has 5 nitrogen and oxygen atoms in total. The lowest BCUT2D eigenvalue weighted by molar-refractivity contribution is -0.121. The van der Waals surface area contributed by atoms with E-state index >= 15 is 0 Å². The maximum absolute atomic E-state index is 12.5. The molecule has 2 heterocycles. The van der Waals surface area contributed by atoms with Crippen molar-refractivity contribution in [2.75, 3.05) is 51.3 Å². The molecule has 5 heteroatoms. The fraction of sp³-hybridized carbons (Fsp3) is 0.708. The van der Waals surface area contributed by atoms with E-state index in [0.29, 0.717) is 13.0 Å². The molecule has 2 fully saturated rings. The first-order valence-electron chi connectivity index (χ1n) is 11.6. The number of amides is 1. The van der Waals surface area contributed by atoms with E-state index in [9.17, 15) is 4.79 Å². The summed E-state index contributed by atoms with van der Waals surface area (Å²) in [5.41, 5.74) is 4.14.